The SMILES string of the molecule is COC(=O)[C@@H](N)Cc1cn(CCCNC(=O)CC[C@@H]2C3=N[C@@](C)([C@@H]4N=C(/C(C)=C5N=C(/C=C6\[N-]/C(=C\3C)[C@@](C)(CC(N)=O)[C@@H]6CCC(N)=O)C(C)(C)[C@@H]\5CCC(N)=O)[C@](C)(CCC(=O)NC[C@@H](C)OP(=O)([O-])O[C@H]3[C@@H](O)[C@@H](n5cnc6cc(C)c(C)cc65)O[C@@H]3CO)[C@H]4CC(N)=O)[C@@]2(C)CC(N)=O)cn1.[C-]#N.[Co+3]. The van der Waals surface area contributed by atoms with E-state index in [1.54, 1.807) is 19.4 Å². The summed E-state index contributed by atoms with van der Waals surface area (Å²) in [5.41, 5.74) is 37.5. The Labute approximate surface area is 638 Å². The molecular formula is C73H103CoN17O16P. The van der Waals surface area contributed by atoms with Gasteiger partial charge >= 0.3 is 22.7 Å². The number of fused-ring (bicyclic) bond motifs is 7. The molecule has 33 nitrogen and oxygen atoms in total. The second-order valence-electron chi connectivity index (χ2n) is 30.7. The molecule has 0 aliphatic carbocycles. The molecule has 2 fully saturated rings. The number of primary amides is 5. The first-order valence-corrected chi connectivity index (χ1v) is 37.3. The number of esters is 1. The molecule has 6 aliphatic rings. The van der Waals surface area contributed by atoms with Crippen molar-refractivity contribution < 1.29 is 93.3 Å². The second kappa shape index (κ2) is 34.7. The minimum Gasteiger partial charge on any atom is -0.756 e. The van der Waals surface area contributed by atoms with Crippen LogP contribution < -0.4 is 49.9 Å². The number of aliphatic imine (C=N–C) groups is 3. The molecule has 590 valence electrons. The summed E-state index contributed by atoms with van der Waals surface area (Å²) < 4.78 is 38.7. The number of benzene rings is 1. The number of hydrogen-bond acceptors (Lipinski definition) is 23. The van der Waals surface area contributed by atoms with Gasteiger partial charge in [0.2, 0.25) is 41.4 Å². The van der Waals surface area contributed by atoms with Crippen LogP contribution >= 0.6 is 7.82 Å². The number of nitrogens with one attached hydrogen (secondary N) is 2. The van der Waals surface area contributed by atoms with E-state index in [9.17, 15) is 58.0 Å². The zero-order valence-electron chi connectivity index (χ0n) is 63.2. The number of rotatable bonds is 33. The number of carbonyl (C=O) groups is 8. The molecule has 1 unspecified atom stereocenters. The maximum Gasteiger partial charge on any atom is 3.00 e. The number of amides is 7. The van der Waals surface area contributed by atoms with Crippen LogP contribution in [0.4, 0.5) is 0 Å². The van der Waals surface area contributed by atoms with Gasteiger partial charge in [-0.2, -0.15) is 5.70 Å². The molecule has 8 heterocycles. The zero-order valence-corrected chi connectivity index (χ0v) is 65.2. The number of phosphoric acid groups is 1. The zero-order chi connectivity index (χ0) is 79.4. The predicted molar refractivity (Wildman–Crippen MR) is 391 cm³/mol. The van der Waals surface area contributed by atoms with Crippen LogP contribution in [0.1, 0.15) is 162 Å². The topological polar surface area (TPSA) is 545 Å². The molecule has 2 saturated heterocycles. The van der Waals surface area contributed by atoms with Gasteiger partial charge in [0, 0.05) is 134 Å². The van der Waals surface area contributed by atoms with Crippen molar-refractivity contribution in [3.63, 3.8) is 0 Å². The number of nitrogens with zero attached hydrogens (tertiary/aromatic N) is 9. The largest absolute Gasteiger partial charge is 3.00 e. The molecule has 8 bridgehead atoms. The van der Waals surface area contributed by atoms with E-state index in [2.05, 4.69) is 20.6 Å². The van der Waals surface area contributed by atoms with Crippen molar-refractivity contribution in [2.75, 3.05) is 26.8 Å². The minimum atomic E-state index is -5.35. The number of methoxy groups -OCH3 is 1. The number of imidazole rings is 2. The Kier molecular flexibility index (Phi) is 27.9. The van der Waals surface area contributed by atoms with Crippen LogP contribution in [0.15, 0.2) is 80.3 Å². The fourth-order valence-corrected chi connectivity index (χ4v) is 18.1. The van der Waals surface area contributed by atoms with Gasteiger partial charge in [-0.25, -0.2) is 9.97 Å². The van der Waals surface area contributed by atoms with E-state index < -0.39 is 149 Å². The van der Waals surface area contributed by atoms with E-state index in [0.717, 1.165) is 11.1 Å². The van der Waals surface area contributed by atoms with E-state index in [-0.39, 0.29) is 113 Å². The third-order valence-corrected chi connectivity index (χ3v) is 24.1. The molecule has 6 aliphatic heterocycles. The number of hydrogen-bond donors (Lipinski definition) is 10. The summed E-state index contributed by atoms with van der Waals surface area (Å²) in [5, 5.41) is 39.3. The van der Waals surface area contributed by atoms with Gasteiger partial charge in [-0.3, -0.25) is 57.9 Å². The fraction of sp³-hybridized carbons (Fsp3) is 0.616. The molecule has 7 amide bonds. The van der Waals surface area contributed by atoms with Crippen LogP contribution in [0.2, 0.25) is 0 Å². The number of phosphoric ester groups is 1. The number of allylic oxidation sites excluding steroid dienone is 6. The van der Waals surface area contributed by atoms with Gasteiger partial charge in [0.25, 0.3) is 7.82 Å². The van der Waals surface area contributed by atoms with Crippen molar-refractivity contribution in [1.82, 2.24) is 29.7 Å². The van der Waals surface area contributed by atoms with Crippen LogP contribution in [0.5, 0.6) is 0 Å². The van der Waals surface area contributed by atoms with Crippen LogP contribution in [0, 0.1) is 71.0 Å². The van der Waals surface area contributed by atoms with Crippen molar-refractivity contribution in [3.8, 4) is 0 Å². The van der Waals surface area contributed by atoms with E-state index in [4.69, 9.17) is 85.1 Å². The Morgan fingerprint density at radius 1 is 0.824 bits per heavy atom. The summed E-state index contributed by atoms with van der Waals surface area (Å²) in [6, 6.07) is 1.71. The molecule has 2 aromatic heterocycles. The molecular weight excluding hydrogens is 1460 g/mol. The Balaban J connectivity index is 0.00000537. The Morgan fingerprint density at radius 2 is 1.45 bits per heavy atom. The maximum atomic E-state index is 14.5. The molecule has 3 aromatic rings. The summed E-state index contributed by atoms with van der Waals surface area (Å²) in [6.07, 6.45) is -1.03. The predicted octanol–water partition coefficient (Wildman–Crippen LogP) is 3.37. The van der Waals surface area contributed by atoms with Crippen LogP contribution in [0.25, 0.3) is 16.4 Å². The summed E-state index contributed by atoms with van der Waals surface area (Å²) >= 11 is 0. The summed E-state index contributed by atoms with van der Waals surface area (Å²) in [5.74, 6) is -7.90. The van der Waals surface area contributed by atoms with Crippen molar-refractivity contribution in [1.29, 1.82) is 5.26 Å². The Hall–Kier alpha value is -8.36. The van der Waals surface area contributed by atoms with Gasteiger partial charge in [-0.1, -0.05) is 40.7 Å². The number of aliphatic hydroxyl groups excluding tert-OH is 2. The third-order valence-electron chi connectivity index (χ3n) is 23.0. The quantitative estimate of drug-likeness (QED) is 0.0181. The standard InChI is InChI=1S/C72H105N16O16P.CN.Co/c1-36-24-48-49(25-37(36)2)88(35-82-48)66-61(97)62(50(33-89)102-66)104-105(99,100)103-38(3)31-80-58(96)20-21-69(8)45(27-54(76)92)65-72(11)71(10,30-56(78)94)44(16-19-57(95)79-22-13-23-87-32-41(81-34-87)26-46(73)67(98)101-12)60(86-72)40(5)64-70(9,29-55(77)93)42(14-17-52(74)90)47(83-64)28-51-68(6,7)43(15-18-53(75)91)59(84-51)39(4)63(69)85-65;1-2;/h24-25,28,32,34-35,38,42-46,50,61-62,65-66,89,97H,13-23,26-27,29-31,33,73H2,1-12H3,(H14,74,75,76,77,78,79,80,83,84,85,86,90,91,92,93,94,95,96,99,100);;/q;-1;+3/p-2/t38-,42-,43-,44-,45+,46+,50-,61-,62-,65-,66+,69-,70+,71+,72+;;/m1../s1. The molecule has 35 heteroatoms. The second-order valence-corrected chi connectivity index (χ2v) is 32.0. The number of nitrogens with two attached hydrogens (primary N) is 6. The van der Waals surface area contributed by atoms with E-state index >= 15 is 0 Å². The average Bonchev–Trinajstić information content (AvgIpc) is 1.53. The first-order valence-electron chi connectivity index (χ1n) is 35.8. The van der Waals surface area contributed by atoms with E-state index in [1.165, 1.54) is 24.9 Å². The smallest absolute Gasteiger partial charge is 0.756 e. The van der Waals surface area contributed by atoms with Gasteiger partial charge in [-0.05, 0) is 119 Å². The van der Waals surface area contributed by atoms with Crippen LogP contribution in [-0.2, 0) is 91.2 Å². The molecule has 16 N–H and O–H groups in total. The fourth-order valence-electron chi connectivity index (χ4n) is 17.0. The average molecular weight is 1560 g/mol. The van der Waals surface area contributed by atoms with Gasteiger partial charge in [0.05, 0.1) is 60.8 Å². The van der Waals surface area contributed by atoms with Crippen molar-refractivity contribution >= 4 is 83.3 Å². The number of carbonyl (C=O) groups excluding carboxylic acids is 8. The Bertz CT molecular complexity index is 4240. The summed E-state index contributed by atoms with van der Waals surface area (Å²) in [7, 11) is -4.10. The number of aryl methyl sites for hydroxylation is 3. The van der Waals surface area contributed by atoms with Crippen molar-refractivity contribution in [2.45, 2.75) is 214 Å². The van der Waals surface area contributed by atoms with Gasteiger partial charge < -0.3 is 105 Å². The maximum absolute atomic E-state index is 14.5. The molecule has 108 heavy (non-hydrogen) atoms. The summed E-state index contributed by atoms with van der Waals surface area (Å²) in [4.78, 5) is 148. The number of ether oxygens (including phenoxy) is 2. The molecule has 1 aromatic carbocycles. The molecule has 0 saturated carbocycles. The number of aliphatic hydroxyl groups is 2. The van der Waals surface area contributed by atoms with Gasteiger partial charge in [-0.15, -0.1) is 5.70 Å². The van der Waals surface area contributed by atoms with E-state index in [1.807, 2.05) is 85.1 Å². The van der Waals surface area contributed by atoms with Crippen LogP contribution in [0.3, 0.4) is 0 Å². The number of aromatic nitrogens is 4. The molecule has 0 radical (unpaired) electrons. The van der Waals surface area contributed by atoms with Crippen LogP contribution in [-0.4, -0.2) is 163 Å². The van der Waals surface area contributed by atoms with E-state index in [0.29, 0.717) is 75.1 Å². The van der Waals surface area contributed by atoms with Crippen molar-refractivity contribution in [3.05, 3.63) is 94.0 Å². The monoisotopic (exact) mass is 1560 g/mol. The third kappa shape index (κ3) is 18.1. The minimum absolute atomic E-state index is 0. The molecule has 16 atom stereocenters. The van der Waals surface area contributed by atoms with Gasteiger partial charge in [0.15, 0.2) is 6.23 Å². The summed E-state index contributed by atoms with van der Waals surface area (Å²) in [6.45, 7) is 24.4. The first kappa shape index (κ1) is 86.9. The first-order chi connectivity index (χ1) is 50.1. The van der Waals surface area contributed by atoms with Crippen molar-refractivity contribution in [2.24, 2.45) is 94.7 Å². The normalized spacial score (nSPS) is 30.4. The molecule has 0 spiro atoms. The Morgan fingerprint density at radius 3 is 2.07 bits per heavy atom. The van der Waals surface area contributed by atoms with Gasteiger partial charge in [0.1, 0.15) is 24.4 Å². The molecule has 9 rings (SSSR count).